The minimum atomic E-state index is -0.128. The van der Waals surface area contributed by atoms with Crippen molar-refractivity contribution in [2.75, 3.05) is 32.7 Å². The monoisotopic (exact) mass is 395 g/mol. The number of nitrogens with one attached hydrogen (secondary N) is 2. The average molecular weight is 396 g/mol. The SMILES string of the molecule is CCNC(=NCCNC(=O)c1cccnc1)N1CCC(Oc2ccccc2)CC1. The van der Waals surface area contributed by atoms with E-state index in [4.69, 9.17) is 4.74 Å². The number of likely N-dealkylation sites (tertiary alicyclic amines) is 1. The van der Waals surface area contributed by atoms with Crippen LogP contribution in [-0.4, -0.2) is 60.6 Å². The number of pyridine rings is 1. The van der Waals surface area contributed by atoms with Gasteiger partial charge in [0.2, 0.25) is 0 Å². The van der Waals surface area contributed by atoms with Gasteiger partial charge in [-0.1, -0.05) is 18.2 Å². The molecule has 29 heavy (non-hydrogen) atoms. The zero-order valence-electron chi connectivity index (χ0n) is 16.9. The number of aromatic nitrogens is 1. The molecule has 1 aromatic carbocycles. The lowest BCUT2D eigenvalue weighted by Crippen LogP contribution is -2.47. The molecule has 1 fully saturated rings. The molecule has 0 unspecified atom stereocenters. The van der Waals surface area contributed by atoms with Gasteiger partial charge in [0.15, 0.2) is 5.96 Å². The average Bonchev–Trinajstić information content (AvgIpc) is 2.78. The van der Waals surface area contributed by atoms with Crippen LogP contribution in [0.3, 0.4) is 0 Å². The van der Waals surface area contributed by atoms with Crippen LogP contribution in [0.2, 0.25) is 0 Å². The smallest absolute Gasteiger partial charge is 0.252 e. The summed E-state index contributed by atoms with van der Waals surface area (Å²) in [6.45, 7) is 5.66. The molecule has 2 aromatic rings. The molecule has 1 aromatic heterocycles. The van der Waals surface area contributed by atoms with Crippen LogP contribution in [0.15, 0.2) is 59.9 Å². The lowest BCUT2D eigenvalue weighted by molar-refractivity contribution is 0.0954. The third-order valence-corrected chi connectivity index (χ3v) is 4.71. The van der Waals surface area contributed by atoms with Gasteiger partial charge in [0.05, 0.1) is 12.1 Å². The van der Waals surface area contributed by atoms with Crippen LogP contribution >= 0.6 is 0 Å². The number of carbonyl (C=O) groups excluding carboxylic acids is 1. The Morgan fingerprint density at radius 3 is 2.66 bits per heavy atom. The number of benzene rings is 1. The minimum Gasteiger partial charge on any atom is -0.490 e. The van der Waals surface area contributed by atoms with E-state index < -0.39 is 0 Å². The molecule has 7 nitrogen and oxygen atoms in total. The predicted molar refractivity (Wildman–Crippen MR) is 114 cm³/mol. The second-order valence-corrected chi connectivity index (χ2v) is 6.85. The highest BCUT2D eigenvalue weighted by molar-refractivity contribution is 5.93. The van der Waals surface area contributed by atoms with Gasteiger partial charge in [-0.2, -0.15) is 0 Å². The van der Waals surface area contributed by atoms with Crippen LogP contribution in [0.1, 0.15) is 30.1 Å². The molecule has 1 aliphatic heterocycles. The number of para-hydroxylation sites is 1. The van der Waals surface area contributed by atoms with Crippen molar-refractivity contribution < 1.29 is 9.53 Å². The van der Waals surface area contributed by atoms with Crippen molar-refractivity contribution in [2.45, 2.75) is 25.9 Å². The van der Waals surface area contributed by atoms with Gasteiger partial charge in [0, 0.05) is 51.4 Å². The molecule has 1 saturated heterocycles. The number of guanidine groups is 1. The summed E-state index contributed by atoms with van der Waals surface area (Å²) in [7, 11) is 0. The quantitative estimate of drug-likeness (QED) is 0.427. The summed E-state index contributed by atoms with van der Waals surface area (Å²) < 4.78 is 6.07. The van der Waals surface area contributed by atoms with E-state index in [-0.39, 0.29) is 12.0 Å². The second kappa shape index (κ2) is 11.0. The Morgan fingerprint density at radius 1 is 1.17 bits per heavy atom. The minimum absolute atomic E-state index is 0.128. The van der Waals surface area contributed by atoms with E-state index in [0.29, 0.717) is 18.7 Å². The number of rotatable bonds is 7. The largest absolute Gasteiger partial charge is 0.490 e. The summed E-state index contributed by atoms with van der Waals surface area (Å²) in [6.07, 6.45) is 5.35. The number of carbonyl (C=O) groups is 1. The van der Waals surface area contributed by atoms with Gasteiger partial charge in [-0.15, -0.1) is 0 Å². The number of aliphatic imine (C=N–C) groups is 1. The Labute approximate surface area is 172 Å². The van der Waals surface area contributed by atoms with Crippen LogP contribution in [0.25, 0.3) is 0 Å². The van der Waals surface area contributed by atoms with Gasteiger partial charge in [-0.3, -0.25) is 14.8 Å². The first-order valence-electron chi connectivity index (χ1n) is 10.2. The number of ether oxygens (including phenoxy) is 1. The summed E-state index contributed by atoms with van der Waals surface area (Å²) in [5, 5.41) is 6.23. The van der Waals surface area contributed by atoms with Crippen molar-refractivity contribution in [2.24, 2.45) is 4.99 Å². The van der Waals surface area contributed by atoms with E-state index in [1.165, 1.54) is 0 Å². The molecule has 0 aliphatic carbocycles. The fourth-order valence-electron chi connectivity index (χ4n) is 3.23. The molecule has 0 bridgehead atoms. The van der Waals surface area contributed by atoms with Gasteiger partial charge in [-0.05, 0) is 31.2 Å². The molecular formula is C22H29N5O2. The number of piperidine rings is 1. The number of hydrogen-bond acceptors (Lipinski definition) is 4. The van der Waals surface area contributed by atoms with Crippen LogP contribution in [-0.2, 0) is 0 Å². The van der Waals surface area contributed by atoms with Crippen molar-refractivity contribution in [1.82, 2.24) is 20.5 Å². The Balaban J connectivity index is 1.45. The van der Waals surface area contributed by atoms with E-state index in [2.05, 4.69) is 32.4 Å². The van der Waals surface area contributed by atoms with Gasteiger partial charge in [-0.25, -0.2) is 0 Å². The van der Waals surface area contributed by atoms with E-state index >= 15 is 0 Å². The predicted octanol–water partition coefficient (Wildman–Crippen LogP) is 2.32. The standard InChI is InChI=1S/C22H29N5O2/c1-2-24-22(26-14-13-25-21(28)18-7-6-12-23-17-18)27-15-10-20(11-16-27)29-19-8-4-3-5-9-19/h3-9,12,17,20H,2,10-11,13-16H2,1H3,(H,24,26)(H,25,28). The highest BCUT2D eigenvalue weighted by Crippen LogP contribution is 2.18. The molecule has 3 rings (SSSR count). The summed E-state index contributed by atoms with van der Waals surface area (Å²) in [4.78, 5) is 23.0. The topological polar surface area (TPSA) is 78.8 Å². The van der Waals surface area contributed by atoms with Crippen molar-refractivity contribution >= 4 is 11.9 Å². The Morgan fingerprint density at radius 2 is 1.97 bits per heavy atom. The van der Waals surface area contributed by atoms with Gasteiger partial charge in [0.1, 0.15) is 11.9 Å². The third kappa shape index (κ3) is 6.48. The third-order valence-electron chi connectivity index (χ3n) is 4.71. The zero-order valence-corrected chi connectivity index (χ0v) is 16.9. The molecular weight excluding hydrogens is 366 g/mol. The summed E-state index contributed by atoms with van der Waals surface area (Å²) >= 11 is 0. The van der Waals surface area contributed by atoms with Crippen LogP contribution in [0, 0.1) is 0 Å². The van der Waals surface area contributed by atoms with E-state index in [1.807, 2.05) is 30.3 Å². The first-order chi connectivity index (χ1) is 14.3. The lowest BCUT2D eigenvalue weighted by atomic mass is 10.1. The summed E-state index contributed by atoms with van der Waals surface area (Å²) in [6, 6.07) is 13.5. The fraction of sp³-hybridized carbons (Fsp3) is 0.409. The van der Waals surface area contributed by atoms with Gasteiger partial charge in [0.25, 0.3) is 5.91 Å². The Hall–Kier alpha value is -3.09. The van der Waals surface area contributed by atoms with Crippen LogP contribution in [0.4, 0.5) is 0 Å². The molecule has 0 spiro atoms. The maximum absolute atomic E-state index is 12.1. The van der Waals surface area contributed by atoms with Crippen molar-refractivity contribution in [3.05, 3.63) is 60.4 Å². The Kier molecular flexibility index (Phi) is 7.86. The maximum atomic E-state index is 12.1. The molecule has 1 amide bonds. The van der Waals surface area contributed by atoms with Crippen molar-refractivity contribution in [3.63, 3.8) is 0 Å². The fourth-order valence-corrected chi connectivity index (χ4v) is 3.23. The van der Waals surface area contributed by atoms with E-state index in [0.717, 1.165) is 44.2 Å². The van der Waals surface area contributed by atoms with Crippen LogP contribution in [0.5, 0.6) is 5.75 Å². The molecule has 2 heterocycles. The first-order valence-corrected chi connectivity index (χ1v) is 10.2. The number of amides is 1. The van der Waals surface area contributed by atoms with Crippen molar-refractivity contribution in [1.29, 1.82) is 0 Å². The lowest BCUT2D eigenvalue weighted by Gasteiger charge is -2.34. The summed E-state index contributed by atoms with van der Waals surface area (Å²) in [5.74, 6) is 1.69. The number of hydrogen-bond donors (Lipinski definition) is 2. The van der Waals surface area contributed by atoms with Gasteiger partial charge < -0.3 is 20.3 Å². The second-order valence-electron chi connectivity index (χ2n) is 6.85. The molecule has 0 saturated carbocycles. The molecule has 0 atom stereocenters. The van der Waals surface area contributed by atoms with E-state index in [1.54, 1.807) is 24.5 Å². The van der Waals surface area contributed by atoms with E-state index in [9.17, 15) is 4.79 Å². The normalized spacial score (nSPS) is 15.1. The number of nitrogens with zero attached hydrogens (tertiary/aromatic N) is 3. The molecule has 0 radical (unpaired) electrons. The maximum Gasteiger partial charge on any atom is 0.252 e. The Bertz CT molecular complexity index is 774. The first kappa shape index (κ1) is 20.6. The molecule has 7 heteroatoms. The summed E-state index contributed by atoms with van der Waals surface area (Å²) in [5.41, 5.74) is 0.559. The highest BCUT2D eigenvalue weighted by Gasteiger charge is 2.22. The van der Waals surface area contributed by atoms with Gasteiger partial charge >= 0.3 is 0 Å². The van der Waals surface area contributed by atoms with Crippen molar-refractivity contribution in [3.8, 4) is 5.75 Å². The molecule has 1 aliphatic rings. The highest BCUT2D eigenvalue weighted by atomic mass is 16.5. The zero-order chi connectivity index (χ0) is 20.3. The van der Waals surface area contributed by atoms with Crippen LogP contribution < -0.4 is 15.4 Å². The molecule has 154 valence electrons. The molecule has 2 N–H and O–H groups in total.